The van der Waals surface area contributed by atoms with Crippen LogP contribution >= 0.6 is 24.0 Å². The average Bonchev–Trinajstić information content (AvgIpc) is 2.71. The molecule has 7 nitrogen and oxygen atoms in total. The van der Waals surface area contributed by atoms with Crippen LogP contribution in [0.1, 0.15) is 32.3 Å². The van der Waals surface area contributed by atoms with E-state index in [2.05, 4.69) is 22.5 Å². The standard InChI is InChI=1S/C20H27N3O4S2/c1-14-8-10-23(11-9-14)20(28)29-13-17(24)27-15(2)18(25)22-19(26)21-12-16-6-4-3-5-7-16/h3-7,14-15H,8-13H2,1-2H3,(H2,21,22,25,26). The molecular formula is C20H27N3O4S2. The Hall–Kier alpha value is -2.13. The summed E-state index contributed by atoms with van der Waals surface area (Å²) < 4.78 is 5.77. The van der Waals surface area contributed by atoms with Gasteiger partial charge in [-0.1, -0.05) is 61.2 Å². The van der Waals surface area contributed by atoms with Gasteiger partial charge in [-0.25, -0.2) is 4.79 Å². The lowest BCUT2D eigenvalue weighted by molar-refractivity contribution is -0.151. The van der Waals surface area contributed by atoms with Crippen molar-refractivity contribution >= 4 is 46.2 Å². The molecule has 0 aromatic heterocycles. The van der Waals surface area contributed by atoms with Crippen LogP contribution in [-0.2, 0) is 20.9 Å². The Labute approximate surface area is 180 Å². The van der Waals surface area contributed by atoms with Crippen molar-refractivity contribution in [3.63, 3.8) is 0 Å². The van der Waals surface area contributed by atoms with E-state index < -0.39 is 24.0 Å². The van der Waals surface area contributed by atoms with Crippen molar-refractivity contribution in [2.45, 2.75) is 39.3 Å². The van der Waals surface area contributed by atoms with E-state index >= 15 is 0 Å². The molecule has 29 heavy (non-hydrogen) atoms. The number of esters is 1. The molecule has 1 aromatic carbocycles. The van der Waals surface area contributed by atoms with Crippen LogP contribution in [0.4, 0.5) is 4.79 Å². The number of amides is 3. The number of imide groups is 1. The van der Waals surface area contributed by atoms with Gasteiger partial charge in [-0.15, -0.1) is 0 Å². The highest BCUT2D eigenvalue weighted by atomic mass is 32.2. The summed E-state index contributed by atoms with van der Waals surface area (Å²) in [6.07, 6.45) is 1.11. The first-order chi connectivity index (χ1) is 13.8. The summed E-state index contributed by atoms with van der Waals surface area (Å²) in [6.45, 7) is 5.74. The van der Waals surface area contributed by atoms with Gasteiger partial charge in [0.1, 0.15) is 4.32 Å². The summed E-state index contributed by atoms with van der Waals surface area (Å²) in [6, 6.07) is 8.67. The van der Waals surface area contributed by atoms with Gasteiger partial charge in [0, 0.05) is 19.6 Å². The molecule has 158 valence electrons. The maximum atomic E-state index is 12.0. The van der Waals surface area contributed by atoms with Crippen molar-refractivity contribution < 1.29 is 19.1 Å². The van der Waals surface area contributed by atoms with Crippen LogP contribution < -0.4 is 10.6 Å². The van der Waals surface area contributed by atoms with Crippen LogP contribution in [0, 0.1) is 5.92 Å². The third kappa shape index (κ3) is 8.41. The number of thiocarbonyl (C=S) groups is 1. The number of likely N-dealkylation sites (tertiary alicyclic amines) is 1. The number of nitrogens with zero attached hydrogens (tertiary/aromatic N) is 1. The smallest absolute Gasteiger partial charge is 0.321 e. The molecule has 1 aliphatic rings. The molecule has 0 saturated carbocycles. The predicted octanol–water partition coefficient (Wildman–Crippen LogP) is 2.69. The minimum atomic E-state index is -1.07. The Morgan fingerprint density at radius 3 is 2.55 bits per heavy atom. The number of hydrogen-bond donors (Lipinski definition) is 2. The van der Waals surface area contributed by atoms with E-state index in [1.54, 1.807) is 0 Å². The number of urea groups is 1. The first-order valence-electron chi connectivity index (χ1n) is 9.59. The van der Waals surface area contributed by atoms with E-state index in [0.717, 1.165) is 31.5 Å². The zero-order valence-corrected chi connectivity index (χ0v) is 18.3. The van der Waals surface area contributed by atoms with Gasteiger partial charge in [0.25, 0.3) is 5.91 Å². The zero-order valence-electron chi connectivity index (χ0n) is 16.7. The van der Waals surface area contributed by atoms with Gasteiger partial charge in [0.15, 0.2) is 6.10 Å². The maximum Gasteiger partial charge on any atom is 0.321 e. The molecule has 1 fully saturated rings. The fourth-order valence-electron chi connectivity index (χ4n) is 2.72. The van der Waals surface area contributed by atoms with Gasteiger partial charge < -0.3 is 15.0 Å². The van der Waals surface area contributed by atoms with Gasteiger partial charge in [-0.2, -0.15) is 0 Å². The molecule has 3 amide bonds. The lowest BCUT2D eigenvalue weighted by Gasteiger charge is -2.31. The van der Waals surface area contributed by atoms with Crippen molar-refractivity contribution in [3.8, 4) is 0 Å². The fraction of sp³-hybridized carbons (Fsp3) is 0.500. The Bertz CT molecular complexity index is 722. The first-order valence-corrected chi connectivity index (χ1v) is 11.0. The van der Waals surface area contributed by atoms with Gasteiger partial charge >= 0.3 is 12.0 Å². The monoisotopic (exact) mass is 437 g/mol. The Balaban J connectivity index is 1.65. The molecule has 0 radical (unpaired) electrons. The Kier molecular flexibility index (Phi) is 9.40. The molecule has 1 saturated heterocycles. The summed E-state index contributed by atoms with van der Waals surface area (Å²) in [5, 5.41) is 4.75. The van der Waals surface area contributed by atoms with Crippen molar-refractivity contribution in [2.24, 2.45) is 5.92 Å². The van der Waals surface area contributed by atoms with Crippen LogP contribution in [0.5, 0.6) is 0 Å². The van der Waals surface area contributed by atoms with E-state index in [9.17, 15) is 14.4 Å². The number of carbonyl (C=O) groups excluding carboxylic acids is 3. The molecule has 1 aromatic rings. The van der Waals surface area contributed by atoms with Crippen LogP contribution in [0.15, 0.2) is 30.3 Å². The van der Waals surface area contributed by atoms with Crippen LogP contribution in [0.3, 0.4) is 0 Å². The third-order valence-corrected chi connectivity index (χ3v) is 6.06. The number of carbonyl (C=O) groups is 3. The third-order valence-electron chi connectivity index (χ3n) is 4.57. The van der Waals surface area contributed by atoms with E-state index in [4.69, 9.17) is 17.0 Å². The normalized spacial score (nSPS) is 15.3. The molecule has 1 heterocycles. The molecule has 9 heteroatoms. The lowest BCUT2D eigenvalue weighted by atomic mass is 10.00. The van der Waals surface area contributed by atoms with Gasteiger partial charge in [0.05, 0.1) is 5.75 Å². The van der Waals surface area contributed by atoms with E-state index in [1.165, 1.54) is 18.7 Å². The second-order valence-corrected chi connectivity index (χ2v) is 8.62. The van der Waals surface area contributed by atoms with E-state index in [0.29, 0.717) is 10.2 Å². The fourth-order valence-corrected chi connectivity index (χ4v) is 3.76. The molecule has 1 unspecified atom stereocenters. The number of benzene rings is 1. The van der Waals surface area contributed by atoms with Gasteiger partial charge in [-0.3, -0.25) is 14.9 Å². The maximum absolute atomic E-state index is 12.0. The lowest BCUT2D eigenvalue weighted by Crippen LogP contribution is -2.44. The molecule has 0 spiro atoms. The minimum absolute atomic E-state index is 0.0305. The second-order valence-electron chi connectivity index (χ2n) is 7.01. The van der Waals surface area contributed by atoms with Crippen molar-refractivity contribution in [1.29, 1.82) is 0 Å². The number of rotatable bonds is 6. The summed E-state index contributed by atoms with van der Waals surface area (Å²) in [4.78, 5) is 37.9. The summed E-state index contributed by atoms with van der Waals surface area (Å²) >= 11 is 6.61. The topological polar surface area (TPSA) is 87.7 Å². The molecule has 1 atom stereocenters. The highest BCUT2D eigenvalue weighted by Crippen LogP contribution is 2.20. The Morgan fingerprint density at radius 1 is 1.24 bits per heavy atom. The van der Waals surface area contributed by atoms with Gasteiger partial charge in [-0.05, 0) is 31.2 Å². The van der Waals surface area contributed by atoms with Crippen molar-refractivity contribution in [3.05, 3.63) is 35.9 Å². The molecule has 0 bridgehead atoms. The largest absolute Gasteiger partial charge is 0.452 e. The molecule has 0 aliphatic carbocycles. The van der Waals surface area contributed by atoms with Crippen LogP contribution in [0.2, 0.25) is 0 Å². The van der Waals surface area contributed by atoms with E-state index in [1.807, 2.05) is 30.3 Å². The molecule has 2 rings (SSSR count). The number of ether oxygens (including phenoxy) is 1. The van der Waals surface area contributed by atoms with Gasteiger partial charge in [0.2, 0.25) is 0 Å². The Morgan fingerprint density at radius 2 is 1.90 bits per heavy atom. The zero-order chi connectivity index (χ0) is 21.2. The second kappa shape index (κ2) is 11.8. The SMILES string of the molecule is CC1CCN(C(=S)SCC(=O)OC(C)C(=O)NC(=O)NCc2ccccc2)CC1. The predicted molar refractivity (Wildman–Crippen MR) is 117 cm³/mol. The van der Waals surface area contributed by atoms with Crippen molar-refractivity contribution in [1.82, 2.24) is 15.5 Å². The summed E-state index contributed by atoms with van der Waals surface area (Å²) in [7, 11) is 0. The number of piperidine rings is 1. The van der Waals surface area contributed by atoms with Crippen molar-refractivity contribution in [2.75, 3.05) is 18.8 Å². The summed E-state index contributed by atoms with van der Waals surface area (Å²) in [5.74, 6) is -0.493. The molecule has 1 aliphatic heterocycles. The quantitative estimate of drug-likeness (QED) is 0.523. The first kappa shape index (κ1) is 23.2. The average molecular weight is 438 g/mol. The minimum Gasteiger partial charge on any atom is -0.452 e. The van der Waals surface area contributed by atoms with E-state index in [-0.39, 0.29) is 12.3 Å². The number of thioether (sulfide) groups is 1. The molecule has 2 N–H and O–H groups in total. The highest BCUT2D eigenvalue weighted by Gasteiger charge is 2.22. The summed E-state index contributed by atoms with van der Waals surface area (Å²) in [5.41, 5.74) is 0.908. The highest BCUT2D eigenvalue weighted by molar-refractivity contribution is 8.23. The van der Waals surface area contributed by atoms with Crippen LogP contribution in [0.25, 0.3) is 0 Å². The number of nitrogens with one attached hydrogen (secondary N) is 2. The van der Waals surface area contributed by atoms with Crippen LogP contribution in [-0.4, -0.2) is 52.1 Å². The molecular weight excluding hydrogens is 410 g/mol. The number of hydrogen-bond acceptors (Lipinski definition) is 6.